The summed E-state index contributed by atoms with van der Waals surface area (Å²) < 4.78 is 45.3. The first-order chi connectivity index (χ1) is 22.2. The summed E-state index contributed by atoms with van der Waals surface area (Å²) in [7, 11) is -0.574. The van der Waals surface area contributed by atoms with Crippen molar-refractivity contribution in [2.45, 2.75) is 33.5 Å². The molecule has 0 aliphatic carbocycles. The largest absolute Gasteiger partial charge is 0.497 e. The van der Waals surface area contributed by atoms with Crippen LogP contribution in [0.3, 0.4) is 0 Å². The van der Waals surface area contributed by atoms with Crippen LogP contribution in [0.5, 0.6) is 17.2 Å². The van der Waals surface area contributed by atoms with Gasteiger partial charge in [-0.2, -0.15) is 4.31 Å². The number of methoxy groups -OCH3 is 2. The number of ether oxygens (including phenoxy) is 3. The second-order valence-corrected chi connectivity index (χ2v) is 13.0. The van der Waals surface area contributed by atoms with Crippen LogP contribution in [0.1, 0.15) is 33.4 Å². The van der Waals surface area contributed by atoms with Crippen molar-refractivity contribution in [2.24, 2.45) is 0 Å². The van der Waals surface area contributed by atoms with Crippen molar-refractivity contribution in [3.05, 3.63) is 154 Å². The maximum Gasteiger partial charge on any atom is 0.236 e. The second-order valence-electron chi connectivity index (χ2n) is 11.1. The summed E-state index contributed by atoms with van der Waals surface area (Å²) in [5.41, 5.74) is 8.44. The Labute approximate surface area is 272 Å². The summed E-state index contributed by atoms with van der Waals surface area (Å²) >= 11 is 0. The van der Waals surface area contributed by atoms with Crippen molar-refractivity contribution in [3.63, 3.8) is 0 Å². The lowest BCUT2D eigenvalue weighted by Gasteiger charge is -2.21. The Morgan fingerprint density at radius 2 is 1.15 bits per heavy atom. The minimum atomic E-state index is -3.78. The first kappa shape index (κ1) is 32.5. The lowest BCUT2D eigenvalue weighted by Crippen LogP contribution is -2.28. The monoisotopic (exact) mass is 633 g/mol. The summed E-state index contributed by atoms with van der Waals surface area (Å²) in [6.45, 7) is 5.10. The molecular formula is C39H39NO5S. The molecule has 7 heteroatoms. The number of rotatable bonds is 13. The molecule has 0 unspecified atom stereocenters. The lowest BCUT2D eigenvalue weighted by molar-refractivity contribution is 0.306. The van der Waals surface area contributed by atoms with Gasteiger partial charge in [-0.25, -0.2) is 8.42 Å². The molecule has 6 nitrogen and oxygen atoms in total. The van der Waals surface area contributed by atoms with Gasteiger partial charge in [0.25, 0.3) is 0 Å². The Bertz CT molecular complexity index is 1810. The van der Waals surface area contributed by atoms with Gasteiger partial charge in [-0.15, -0.1) is 0 Å². The highest BCUT2D eigenvalue weighted by atomic mass is 32.2. The van der Waals surface area contributed by atoms with Gasteiger partial charge >= 0.3 is 0 Å². The Balaban J connectivity index is 1.27. The van der Waals surface area contributed by atoms with Crippen LogP contribution in [0.15, 0.2) is 121 Å². The Kier molecular flexibility index (Phi) is 10.6. The van der Waals surface area contributed by atoms with E-state index in [0.29, 0.717) is 23.9 Å². The fourth-order valence-corrected chi connectivity index (χ4v) is 6.44. The van der Waals surface area contributed by atoms with Gasteiger partial charge in [0, 0.05) is 18.5 Å². The van der Waals surface area contributed by atoms with Crippen molar-refractivity contribution < 1.29 is 22.6 Å². The molecule has 0 saturated heterocycles. The molecule has 5 rings (SSSR count). The van der Waals surface area contributed by atoms with Crippen LogP contribution >= 0.6 is 0 Å². The van der Waals surface area contributed by atoms with Crippen LogP contribution in [0, 0.1) is 13.8 Å². The molecule has 0 heterocycles. The number of hydrogen-bond donors (Lipinski definition) is 0. The zero-order chi connectivity index (χ0) is 32.5. The highest BCUT2D eigenvalue weighted by Crippen LogP contribution is 2.28. The zero-order valence-electron chi connectivity index (χ0n) is 26.6. The van der Waals surface area contributed by atoms with Crippen LogP contribution in [-0.4, -0.2) is 26.9 Å². The van der Waals surface area contributed by atoms with Crippen LogP contribution in [0.4, 0.5) is 0 Å². The molecule has 0 bridgehead atoms. The van der Waals surface area contributed by atoms with E-state index >= 15 is 0 Å². The zero-order valence-corrected chi connectivity index (χ0v) is 27.5. The third-order valence-corrected chi connectivity index (χ3v) is 9.27. The van der Waals surface area contributed by atoms with Crippen LogP contribution in [0.25, 0.3) is 17.2 Å². The number of benzene rings is 5. The molecule has 0 atom stereocenters. The average molecular weight is 634 g/mol. The first-order valence-corrected chi connectivity index (χ1v) is 16.6. The van der Waals surface area contributed by atoms with Crippen molar-refractivity contribution in [3.8, 4) is 28.4 Å². The Morgan fingerprint density at radius 3 is 1.70 bits per heavy atom. The van der Waals surface area contributed by atoms with E-state index in [1.165, 1.54) is 32.0 Å². The van der Waals surface area contributed by atoms with E-state index in [4.69, 9.17) is 14.2 Å². The van der Waals surface area contributed by atoms with E-state index in [9.17, 15) is 8.42 Å². The maximum atomic E-state index is 13.6. The van der Waals surface area contributed by atoms with Gasteiger partial charge in [0.1, 0.15) is 23.9 Å². The summed E-state index contributed by atoms with van der Waals surface area (Å²) in [4.78, 5) is 0. The van der Waals surface area contributed by atoms with Gasteiger partial charge in [-0.3, -0.25) is 0 Å². The molecule has 236 valence electrons. The molecule has 0 amide bonds. The minimum Gasteiger partial charge on any atom is -0.497 e. The fourth-order valence-electron chi connectivity index (χ4n) is 5.28. The highest BCUT2D eigenvalue weighted by molar-refractivity contribution is 7.92. The van der Waals surface area contributed by atoms with Crippen molar-refractivity contribution in [1.82, 2.24) is 4.31 Å². The topological polar surface area (TPSA) is 65.1 Å². The molecule has 0 radical (unpaired) electrons. The van der Waals surface area contributed by atoms with Crippen LogP contribution in [0.2, 0.25) is 0 Å². The smallest absolute Gasteiger partial charge is 0.236 e. The molecule has 0 spiro atoms. The lowest BCUT2D eigenvalue weighted by atomic mass is 9.95. The van der Waals surface area contributed by atoms with Crippen molar-refractivity contribution in [2.75, 3.05) is 14.2 Å². The molecule has 5 aromatic rings. The molecule has 0 aliphatic heterocycles. The average Bonchev–Trinajstić information content (AvgIpc) is 3.07. The number of sulfonamides is 1. The second kappa shape index (κ2) is 15.0. The fraction of sp³-hybridized carbons (Fsp3) is 0.179. The Morgan fingerprint density at radius 1 is 0.630 bits per heavy atom. The maximum absolute atomic E-state index is 13.6. The SMILES string of the molecule is COc1ccc(CN(Cc2ccc(OC)cc2)S(=O)(=O)C=Cc2ccc(OCc3cccc(-c4c(C)cccc4C)c3)cc2)cc1. The van der Waals surface area contributed by atoms with Gasteiger partial charge < -0.3 is 14.2 Å². The third-order valence-electron chi connectivity index (χ3n) is 7.81. The van der Waals surface area contributed by atoms with Gasteiger partial charge in [-0.05, 0) is 107 Å². The van der Waals surface area contributed by atoms with E-state index in [0.717, 1.165) is 22.3 Å². The molecule has 0 fully saturated rings. The van der Waals surface area contributed by atoms with Gasteiger partial charge in [-0.1, -0.05) is 72.8 Å². The van der Waals surface area contributed by atoms with E-state index in [1.54, 1.807) is 20.3 Å². The quantitative estimate of drug-likeness (QED) is 0.130. The number of hydrogen-bond acceptors (Lipinski definition) is 5. The molecule has 5 aromatic carbocycles. The summed E-state index contributed by atoms with van der Waals surface area (Å²) in [5.74, 6) is 2.14. The predicted octanol–water partition coefficient (Wildman–Crippen LogP) is 8.57. The van der Waals surface area contributed by atoms with Crippen LogP contribution in [-0.2, 0) is 29.7 Å². The number of nitrogens with zero attached hydrogens (tertiary/aromatic N) is 1. The summed E-state index contributed by atoms with van der Waals surface area (Å²) in [6.07, 6.45) is 1.61. The van der Waals surface area contributed by atoms with Gasteiger partial charge in [0.2, 0.25) is 10.0 Å². The highest BCUT2D eigenvalue weighted by Gasteiger charge is 2.20. The van der Waals surface area contributed by atoms with Crippen LogP contribution < -0.4 is 14.2 Å². The van der Waals surface area contributed by atoms with Crippen molar-refractivity contribution >= 4 is 16.1 Å². The van der Waals surface area contributed by atoms with E-state index in [-0.39, 0.29) is 13.1 Å². The van der Waals surface area contributed by atoms with Gasteiger partial charge in [0.05, 0.1) is 14.2 Å². The minimum absolute atomic E-state index is 0.208. The normalized spacial score (nSPS) is 11.6. The van der Waals surface area contributed by atoms with Crippen molar-refractivity contribution in [1.29, 1.82) is 0 Å². The standard InChI is InChI=1S/C39H39NO5S/c1-29-7-5-8-30(2)39(29)35-10-6-9-34(25-35)28-45-38-21-11-31(12-22-38)23-24-46(41,42)40(26-32-13-17-36(43-3)18-14-32)27-33-15-19-37(44-4)20-16-33/h5-25H,26-28H2,1-4H3. The summed E-state index contributed by atoms with van der Waals surface area (Å²) in [5, 5.41) is 1.26. The molecule has 0 aliphatic rings. The van der Waals surface area contributed by atoms with E-state index in [2.05, 4.69) is 56.3 Å². The predicted molar refractivity (Wildman–Crippen MR) is 185 cm³/mol. The molecule has 0 saturated carbocycles. The van der Waals surface area contributed by atoms with E-state index < -0.39 is 10.0 Å². The van der Waals surface area contributed by atoms with E-state index in [1.807, 2.05) is 72.8 Å². The molecule has 46 heavy (non-hydrogen) atoms. The Hall–Kier alpha value is -4.85. The molecule has 0 N–H and O–H groups in total. The third kappa shape index (κ3) is 8.44. The molecule has 0 aromatic heterocycles. The summed E-state index contributed by atoms with van der Waals surface area (Å²) in [6, 6.07) is 37.0. The molecular weight excluding hydrogens is 594 g/mol. The first-order valence-electron chi connectivity index (χ1n) is 15.1. The van der Waals surface area contributed by atoms with Gasteiger partial charge in [0.15, 0.2) is 0 Å². The number of aryl methyl sites for hydroxylation is 2.